The van der Waals surface area contributed by atoms with Crippen molar-refractivity contribution in [1.29, 1.82) is 0 Å². The van der Waals surface area contributed by atoms with Crippen molar-refractivity contribution in [2.24, 2.45) is 0 Å². The maximum absolute atomic E-state index is 13.8. The van der Waals surface area contributed by atoms with E-state index in [0.717, 1.165) is 62.0 Å². The van der Waals surface area contributed by atoms with Gasteiger partial charge in [0.25, 0.3) is 11.5 Å². The van der Waals surface area contributed by atoms with Gasteiger partial charge in [0.2, 0.25) is 23.2 Å². The lowest BCUT2D eigenvalue weighted by Gasteiger charge is -2.27. The Bertz CT molecular complexity index is 2900. The molecule has 8 rings (SSSR count). The number of carbonyl (C=O) groups is 2. The summed E-state index contributed by atoms with van der Waals surface area (Å²) in [5.41, 5.74) is 9.86. The van der Waals surface area contributed by atoms with Crippen molar-refractivity contribution in [3.05, 3.63) is 81.9 Å². The second-order valence-corrected chi connectivity index (χ2v) is 19.0. The highest BCUT2D eigenvalue weighted by Gasteiger charge is 2.53. The number of imidazole rings is 1. The summed E-state index contributed by atoms with van der Waals surface area (Å²) >= 11 is 1.74. The Kier molecular flexibility index (Phi) is 13.7. The number of amides is 2. The second-order valence-electron chi connectivity index (χ2n) is 16.5. The Morgan fingerprint density at radius 3 is 2.55 bits per heavy atom. The number of nitrogen functional groups attached to an aromatic ring is 1. The van der Waals surface area contributed by atoms with Gasteiger partial charge in [0.15, 0.2) is 17.4 Å². The van der Waals surface area contributed by atoms with Crippen LogP contribution in [0.3, 0.4) is 0 Å². The third-order valence-electron chi connectivity index (χ3n) is 11.5. The molecule has 2 aromatic carbocycles. The van der Waals surface area contributed by atoms with Crippen LogP contribution in [0.4, 0.5) is 17.6 Å². The van der Waals surface area contributed by atoms with Crippen molar-refractivity contribution in [2.75, 3.05) is 70.4 Å². The predicted octanol–water partition coefficient (Wildman–Crippen LogP) is 3.86. The number of anilines is 3. The molecule has 2 fully saturated rings. The number of fused-ring (bicyclic) bond motifs is 4. The number of nitrogens with two attached hydrogens (primary N) is 1. The number of nitrogens with zero attached hydrogens (tertiary/aromatic N) is 5. The van der Waals surface area contributed by atoms with Gasteiger partial charge in [-0.25, -0.2) is 14.1 Å². The lowest BCUT2D eigenvalue weighted by atomic mass is 9.91. The van der Waals surface area contributed by atoms with E-state index < -0.39 is 37.9 Å². The molecule has 0 spiro atoms. The van der Waals surface area contributed by atoms with Crippen LogP contribution >= 0.6 is 19.2 Å². The highest BCUT2D eigenvalue weighted by atomic mass is 32.1. The summed E-state index contributed by atoms with van der Waals surface area (Å²) in [6.45, 7) is 1.01. The van der Waals surface area contributed by atoms with Crippen LogP contribution in [-0.2, 0) is 23.1 Å². The van der Waals surface area contributed by atoms with Crippen LogP contribution in [0.25, 0.3) is 42.8 Å². The molecule has 0 radical (unpaired) electrons. The molecule has 1 unspecified atom stereocenters. The second kappa shape index (κ2) is 19.4. The molecule has 4 aliphatic rings. The summed E-state index contributed by atoms with van der Waals surface area (Å²) in [4.78, 5) is 63.2. The summed E-state index contributed by atoms with van der Waals surface area (Å²) in [7, 11) is 3.74. The monoisotopic (exact) mass is 929 g/mol. The van der Waals surface area contributed by atoms with Gasteiger partial charge in [0.1, 0.15) is 32.4 Å². The number of phosphoric acid groups is 1. The highest BCUT2D eigenvalue weighted by Crippen LogP contribution is 2.53. The lowest BCUT2D eigenvalue weighted by Crippen LogP contribution is -2.39. The Hall–Kier alpha value is -5.73. The van der Waals surface area contributed by atoms with Crippen LogP contribution in [0.5, 0.6) is 0 Å². The molecular weight excluding hydrogens is 876 g/mol. The summed E-state index contributed by atoms with van der Waals surface area (Å²) < 4.78 is 32.6. The Balaban J connectivity index is 0.806. The number of rotatable bonds is 16. The van der Waals surface area contributed by atoms with Crippen molar-refractivity contribution >= 4 is 69.8 Å². The number of hydrogen-bond donors (Lipinski definition) is 7. The minimum Gasteiger partial charge on any atom is -0.386 e. The van der Waals surface area contributed by atoms with Crippen molar-refractivity contribution < 1.29 is 37.9 Å². The van der Waals surface area contributed by atoms with Gasteiger partial charge in [-0.3, -0.25) is 33.0 Å². The lowest BCUT2D eigenvalue weighted by molar-refractivity contribution is -0.121. The van der Waals surface area contributed by atoms with E-state index in [1.807, 2.05) is 52.5 Å². The smallest absolute Gasteiger partial charge is 0.386 e. The highest BCUT2D eigenvalue weighted by molar-refractivity contribution is 7.47. The van der Waals surface area contributed by atoms with E-state index in [-0.39, 0.29) is 47.9 Å². The fourth-order valence-electron chi connectivity index (χ4n) is 8.19. The van der Waals surface area contributed by atoms with E-state index in [9.17, 15) is 28.9 Å². The number of aliphatic hydroxyl groups is 1. The number of nitrogens with one attached hydrogen (secondary N) is 4. The van der Waals surface area contributed by atoms with Crippen molar-refractivity contribution in [3.8, 4) is 21.6 Å². The number of aromatic nitrogens is 4. The zero-order chi connectivity index (χ0) is 46.0. The first-order chi connectivity index (χ1) is 31.2. The molecule has 4 aromatic rings. The first-order valence-corrected chi connectivity index (χ1v) is 23.8. The maximum Gasteiger partial charge on any atom is 0.472 e. The largest absolute Gasteiger partial charge is 0.472 e. The van der Waals surface area contributed by atoms with E-state index in [1.54, 1.807) is 11.3 Å². The van der Waals surface area contributed by atoms with Crippen molar-refractivity contribution in [1.82, 2.24) is 34.7 Å². The number of aliphatic hydroxyl groups excluding tert-OH is 1. The van der Waals surface area contributed by atoms with E-state index in [2.05, 4.69) is 76.8 Å². The van der Waals surface area contributed by atoms with Crippen molar-refractivity contribution in [3.63, 3.8) is 0 Å². The van der Waals surface area contributed by atoms with Gasteiger partial charge in [0, 0.05) is 84.1 Å². The minimum absolute atomic E-state index is 0.0372. The first-order valence-electron chi connectivity index (χ1n) is 21.5. The molecule has 344 valence electrons. The molecule has 19 nitrogen and oxygen atoms in total. The average Bonchev–Trinajstić information content (AvgIpc) is 3.79. The number of carbonyl (C=O) groups excluding carboxylic acids is 2. The zero-order valence-electron chi connectivity index (χ0n) is 36.6. The standard InChI is InChI=1S/C44H53N10O9PS/c1-52(2)25-15-17-29-32(22-25)65-33-23-26(53(3)4)16-18-30(33)35(29)27-12-7-8-13-28(27)40(57)47-21-11-14-34(55)46-19-9-5-6-10-20-48-44-49-36-39(50-43(45)51-41(36)58)54(44)42-37(56)38-31(62-42)24-61-64(59,60)63-38/h7-8,12-13,15-18,22-23,31,37-38,42,47,56H,5-6,9-11,14,19-21,24H2,1-4H3,(H5,45,46,51,55,57,58,59,60)/p+1/t31-,37-,38-,42-/m1/s1. The summed E-state index contributed by atoms with van der Waals surface area (Å²) in [5.74, 6) is -0.264. The summed E-state index contributed by atoms with van der Waals surface area (Å²) in [6.07, 6.45) is -0.750. The normalized spacial score (nSPS) is 20.5. The number of phosphoric ester groups is 1. The molecule has 1 aliphatic carbocycles. The molecule has 5 heterocycles. The number of hydrogen-bond acceptors (Lipinski definition) is 14. The number of H-pyrrole nitrogens is 1. The Morgan fingerprint density at radius 2 is 1.77 bits per heavy atom. The summed E-state index contributed by atoms with van der Waals surface area (Å²) in [5, 5.41) is 22.5. The van der Waals surface area contributed by atoms with Gasteiger partial charge in [-0.05, 0) is 54.7 Å². The third kappa shape index (κ3) is 9.94. The van der Waals surface area contributed by atoms with Crippen LogP contribution in [0.1, 0.15) is 55.1 Å². The van der Waals surface area contributed by atoms with Gasteiger partial charge in [-0.1, -0.05) is 37.1 Å². The van der Waals surface area contributed by atoms with E-state index in [4.69, 9.17) is 19.5 Å². The average molecular weight is 930 g/mol. The topological polar surface area (TPSA) is 251 Å². The van der Waals surface area contributed by atoms with Gasteiger partial charge >= 0.3 is 7.82 Å². The minimum atomic E-state index is -4.37. The predicted molar refractivity (Wildman–Crippen MR) is 250 cm³/mol. The number of benzene rings is 3. The summed E-state index contributed by atoms with van der Waals surface area (Å²) in [6, 6.07) is 20.6. The zero-order valence-corrected chi connectivity index (χ0v) is 38.3. The fraction of sp³-hybridized carbons (Fsp3) is 0.409. The van der Waals surface area contributed by atoms with Crippen LogP contribution in [0.2, 0.25) is 0 Å². The number of aromatic amines is 1. The van der Waals surface area contributed by atoms with E-state index in [0.29, 0.717) is 38.0 Å². The molecule has 5 atom stereocenters. The quantitative estimate of drug-likeness (QED) is 0.0315. The van der Waals surface area contributed by atoms with Crippen LogP contribution in [0.15, 0.2) is 65.5 Å². The molecule has 8 N–H and O–H groups in total. The fourth-order valence-corrected chi connectivity index (χ4v) is 10.3. The molecule has 3 aliphatic heterocycles. The Labute approximate surface area is 378 Å². The van der Waals surface area contributed by atoms with E-state index in [1.165, 1.54) is 4.57 Å². The van der Waals surface area contributed by atoms with Gasteiger partial charge in [-0.15, -0.1) is 11.3 Å². The van der Waals surface area contributed by atoms with Gasteiger partial charge in [-0.2, -0.15) is 4.98 Å². The Morgan fingerprint density at radius 1 is 1.00 bits per heavy atom. The first kappa shape index (κ1) is 45.8. The SMILES string of the molecule is CN(C)c1ccc2c(-c3ccccc3C(=O)NCCCC(=O)NCCCCCCNc3nc4c(=O)[nH]c(N)nc4n3[C@@H]3O[C@@H]4COP(=O)(O)O[C@H]4[C@H]3O)c3ccc(=[N+](C)C)cc-3sc2c1. The van der Waals surface area contributed by atoms with E-state index >= 15 is 0 Å². The molecule has 2 aromatic heterocycles. The molecule has 65 heavy (non-hydrogen) atoms. The van der Waals surface area contributed by atoms with Crippen LogP contribution in [0, 0.1) is 0 Å². The molecule has 21 heteroatoms. The van der Waals surface area contributed by atoms with Crippen molar-refractivity contribution in [2.45, 2.75) is 63.1 Å². The van der Waals surface area contributed by atoms with Gasteiger partial charge < -0.3 is 41.3 Å². The molecule has 0 bridgehead atoms. The molecule has 2 amide bonds. The van der Waals surface area contributed by atoms with Crippen LogP contribution < -0.4 is 42.1 Å². The maximum atomic E-state index is 13.8. The molecular formula is C44H54N10O9PS+. The molecule has 2 saturated heterocycles. The van der Waals surface area contributed by atoms with Crippen LogP contribution in [-0.4, -0.2) is 114 Å². The third-order valence-corrected chi connectivity index (χ3v) is 13.6. The van der Waals surface area contributed by atoms with Gasteiger partial charge in [0.05, 0.1) is 6.61 Å². The number of unbranched alkanes of at least 4 members (excludes halogenated alkanes) is 3. The molecule has 0 saturated carbocycles. The number of ether oxygens (including phenoxy) is 1.